The number of aliphatic carboxylic acids is 1. The molecule has 1 rings (SSSR count). The van der Waals surface area contributed by atoms with Crippen molar-refractivity contribution in [1.29, 1.82) is 0 Å². The Morgan fingerprint density at radius 1 is 1.53 bits per heavy atom. The summed E-state index contributed by atoms with van der Waals surface area (Å²) >= 11 is 1.96. The Hall–Kier alpha value is -1.38. The van der Waals surface area contributed by atoms with E-state index in [1.165, 1.54) is 26.0 Å². The van der Waals surface area contributed by atoms with Crippen LogP contribution in [0.3, 0.4) is 0 Å². The molecular formula is C10H11IN2O4. The van der Waals surface area contributed by atoms with Crippen molar-refractivity contribution >= 4 is 39.9 Å². The number of nitro benzene ring substituents is 1. The van der Waals surface area contributed by atoms with Crippen LogP contribution in [0, 0.1) is 13.7 Å². The minimum atomic E-state index is -1.27. The number of anilines is 1. The predicted molar refractivity (Wildman–Crippen MR) is 71.2 cm³/mol. The molecule has 6 nitrogen and oxygen atoms in total. The van der Waals surface area contributed by atoms with E-state index < -0.39 is 16.4 Å². The number of nitro groups is 1. The lowest BCUT2D eigenvalue weighted by Gasteiger charge is -2.22. The molecule has 0 aliphatic heterocycles. The van der Waals surface area contributed by atoms with Gasteiger partial charge in [0.1, 0.15) is 11.2 Å². The van der Waals surface area contributed by atoms with Crippen molar-refractivity contribution in [2.45, 2.75) is 19.4 Å². The van der Waals surface area contributed by atoms with Gasteiger partial charge in [-0.2, -0.15) is 0 Å². The van der Waals surface area contributed by atoms with Crippen molar-refractivity contribution in [2.75, 3.05) is 5.32 Å². The van der Waals surface area contributed by atoms with E-state index in [1.54, 1.807) is 6.07 Å². The standard InChI is InChI=1S/C10H11IN2O4/c1-10(2,9(14)15)12-7-4-3-6(11)5-8(7)13(16)17/h3-5,12H,1-2H3,(H,14,15). The van der Waals surface area contributed by atoms with Crippen molar-refractivity contribution in [1.82, 2.24) is 0 Å². The molecule has 1 aromatic carbocycles. The fourth-order valence-corrected chi connectivity index (χ4v) is 1.63. The number of carboxylic acid groups (broad SMARTS) is 1. The van der Waals surface area contributed by atoms with Crippen LogP contribution in [-0.4, -0.2) is 21.5 Å². The minimum Gasteiger partial charge on any atom is -0.480 e. The number of rotatable bonds is 4. The summed E-state index contributed by atoms with van der Waals surface area (Å²) in [6, 6.07) is 4.57. The zero-order valence-corrected chi connectivity index (χ0v) is 11.4. The molecule has 2 N–H and O–H groups in total. The highest BCUT2D eigenvalue weighted by atomic mass is 127. The minimum absolute atomic E-state index is 0.133. The van der Waals surface area contributed by atoms with Gasteiger partial charge in [-0.1, -0.05) is 0 Å². The van der Waals surface area contributed by atoms with Gasteiger partial charge in [0.2, 0.25) is 0 Å². The van der Waals surface area contributed by atoms with Crippen molar-refractivity contribution < 1.29 is 14.8 Å². The van der Waals surface area contributed by atoms with Crippen LogP contribution in [0.4, 0.5) is 11.4 Å². The average Bonchev–Trinajstić information content (AvgIpc) is 2.19. The molecule has 0 radical (unpaired) electrons. The van der Waals surface area contributed by atoms with Gasteiger partial charge in [0.15, 0.2) is 0 Å². The van der Waals surface area contributed by atoms with Crippen molar-refractivity contribution in [3.05, 3.63) is 31.9 Å². The highest BCUT2D eigenvalue weighted by molar-refractivity contribution is 14.1. The number of hydrogen-bond acceptors (Lipinski definition) is 4. The molecule has 1 aromatic rings. The van der Waals surface area contributed by atoms with Gasteiger partial charge in [0.25, 0.3) is 5.69 Å². The van der Waals surface area contributed by atoms with E-state index in [0.29, 0.717) is 3.57 Å². The highest BCUT2D eigenvalue weighted by Gasteiger charge is 2.29. The van der Waals surface area contributed by atoms with Crippen LogP contribution in [0.1, 0.15) is 13.8 Å². The lowest BCUT2D eigenvalue weighted by atomic mass is 10.1. The lowest BCUT2D eigenvalue weighted by molar-refractivity contribution is -0.384. The molecule has 0 aliphatic rings. The third kappa shape index (κ3) is 3.29. The summed E-state index contributed by atoms with van der Waals surface area (Å²) < 4.78 is 0.716. The van der Waals surface area contributed by atoms with Crippen LogP contribution >= 0.6 is 22.6 Å². The van der Waals surface area contributed by atoms with Gasteiger partial charge >= 0.3 is 5.97 Å². The van der Waals surface area contributed by atoms with Gasteiger partial charge < -0.3 is 10.4 Å². The molecule has 0 bridgehead atoms. The monoisotopic (exact) mass is 350 g/mol. The van der Waals surface area contributed by atoms with E-state index in [9.17, 15) is 14.9 Å². The second-order valence-corrected chi connectivity index (χ2v) is 5.22. The van der Waals surface area contributed by atoms with Gasteiger partial charge in [-0.25, -0.2) is 4.79 Å². The normalized spacial score (nSPS) is 11.0. The Morgan fingerprint density at radius 3 is 2.59 bits per heavy atom. The number of carboxylic acids is 1. The molecule has 0 amide bonds. The molecular weight excluding hydrogens is 339 g/mol. The number of nitrogens with one attached hydrogen (secondary N) is 1. The van der Waals surface area contributed by atoms with Crippen LogP contribution in [0.25, 0.3) is 0 Å². The fraction of sp³-hybridized carbons (Fsp3) is 0.300. The molecule has 0 unspecified atom stereocenters. The second kappa shape index (κ2) is 4.86. The molecule has 0 aromatic heterocycles. The number of benzene rings is 1. The Morgan fingerprint density at radius 2 is 2.12 bits per heavy atom. The Labute approximate surface area is 111 Å². The summed E-state index contributed by atoms with van der Waals surface area (Å²) in [5.74, 6) is -1.08. The first-order valence-corrected chi connectivity index (χ1v) is 5.77. The molecule has 0 heterocycles. The van der Waals surface area contributed by atoms with Crippen molar-refractivity contribution in [2.24, 2.45) is 0 Å². The molecule has 0 spiro atoms. The summed E-state index contributed by atoms with van der Waals surface area (Å²) in [6.45, 7) is 2.88. The van der Waals surface area contributed by atoms with Crippen LogP contribution in [0.2, 0.25) is 0 Å². The van der Waals surface area contributed by atoms with Crippen molar-refractivity contribution in [3.63, 3.8) is 0 Å². The summed E-state index contributed by atoms with van der Waals surface area (Å²) in [5, 5.41) is 22.4. The second-order valence-electron chi connectivity index (χ2n) is 3.97. The predicted octanol–water partition coefficient (Wildman–Crippen LogP) is 2.47. The van der Waals surface area contributed by atoms with Gasteiger partial charge in [0.05, 0.1) is 4.92 Å². The molecule has 0 saturated heterocycles. The molecule has 17 heavy (non-hydrogen) atoms. The number of halogens is 1. The van der Waals surface area contributed by atoms with E-state index >= 15 is 0 Å². The van der Waals surface area contributed by atoms with Gasteiger partial charge in [-0.3, -0.25) is 10.1 Å². The molecule has 7 heteroatoms. The topological polar surface area (TPSA) is 92.5 Å². The van der Waals surface area contributed by atoms with Crippen LogP contribution in [-0.2, 0) is 4.79 Å². The third-order valence-corrected chi connectivity index (χ3v) is 2.81. The lowest BCUT2D eigenvalue weighted by Crippen LogP contribution is -2.40. The first kappa shape index (κ1) is 13.7. The van der Waals surface area contributed by atoms with E-state index in [2.05, 4.69) is 5.32 Å². The molecule has 92 valence electrons. The molecule has 0 atom stereocenters. The van der Waals surface area contributed by atoms with Crippen LogP contribution < -0.4 is 5.32 Å². The van der Waals surface area contributed by atoms with Crippen molar-refractivity contribution in [3.8, 4) is 0 Å². The van der Waals surface area contributed by atoms with Gasteiger partial charge in [-0.05, 0) is 48.6 Å². The fourth-order valence-electron chi connectivity index (χ4n) is 1.15. The largest absolute Gasteiger partial charge is 0.480 e. The molecule has 0 aliphatic carbocycles. The van der Waals surface area contributed by atoms with E-state index in [-0.39, 0.29) is 11.4 Å². The Bertz CT molecular complexity index is 473. The summed E-state index contributed by atoms with van der Waals surface area (Å²) in [6.07, 6.45) is 0. The highest BCUT2D eigenvalue weighted by Crippen LogP contribution is 2.28. The van der Waals surface area contributed by atoms with Gasteiger partial charge in [0, 0.05) is 9.64 Å². The van der Waals surface area contributed by atoms with E-state index in [1.807, 2.05) is 22.6 Å². The Kier molecular flexibility index (Phi) is 3.91. The average molecular weight is 350 g/mol. The van der Waals surface area contributed by atoms with Gasteiger partial charge in [-0.15, -0.1) is 0 Å². The molecule has 0 fully saturated rings. The third-order valence-electron chi connectivity index (χ3n) is 2.14. The maximum atomic E-state index is 10.9. The number of carbonyl (C=O) groups is 1. The van der Waals surface area contributed by atoms with Crippen LogP contribution in [0.15, 0.2) is 18.2 Å². The summed E-state index contributed by atoms with van der Waals surface area (Å²) in [4.78, 5) is 21.2. The van der Waals surface area contributed by atoms with Crippen LogP contribution in [0.5, 0.6) is 0 Å². The Balaban J connectivity index is 3.15. The molecule has 0 saturated carbocycles. The maximum Gasteiger partial charge on any atom is 0.328 e. The first-order chi connectivity index (χ1) is 7.74. The zero-order chi connectivity index (χ0) is 13.2. The SMILES string of the molecule is CC(C)(Nc1ccc(I)cc1[N+](=O)[O-])C(=O)O. The quantitative estimate of drug-likeness (QED) is 0.494. The van der Waals surface area contributed by atoms with E-state index in [4.69, 9.17) is 5.11 Å². The first-order valence-electron chi connectivity index (χ1n) is 4.69. The summed E-state index contributed by atoms with van der Waals surface area (Å²) in [5.41, 5.74) is -1.20. The number of hydrogen-bond donors (Lipinski definition) is 2. The smallest absolute Gasteiger partial charge is 0.328 e. The van der Waals surface area contributed by atoms with E-state index in [0.717, 1.165) is 0 Å². The maximum absolute atomic E-state index is 10.9. The number of nitrogens with zero attached hydrogens (tertiary/aromatic N) is 1. The summed E-state index contributed by atoms with van der Waals surface area (Å²) in [7, 11) is 0. The zero-order valence-electron chi connectivity index (χ0n) is 9.23.